The summed E-state index contributed by atoms with van der Waals surface area (Å²) in [6.45, 7) is 10.7. The summed E-state index contributed by atoms with van der Waals surface area (Å²) in [5, 5.41) is 3.46. The minimum absolute atomic E-state index is 0.0941. The molecule has 1 fully saturated rings. The number of nitrogens with one attached hydrogen (secondary N) is 1. The molecule has 20 heavy (non-hydrogen) atoms. The van der Waals surface area contributed by atoms with Crippen molar-refractivity contribution in [1.82, 2.24) is 5.32 Å². The summed E-state index contributed by atoms with van der Waals surface area (Å²) in [5.74, 6) is 0. The van der Waals surface area contributed by atoms with E-state index in [1.807, 2.05) is 6.92 Å². The normalized spacial score (nSPS) is 22.6. The first-order chi connectivity index (χ1) is 8.98. The smallest absolute Gasteiger partial charge is 0.306 e. The number of benzene rings is 1. The molecule has 1 aliphatic carbocycles. The fourth-order valence-electron chi connectivity index (χ4n) is 2.94. The van der Waals surface area contributed by atoms with E-state index in [0.29, 0.717) is 11.6 Å². The first-order valence-corrected chi connectivity index (χ1v) is 6.91. The molecule has 0 bridgehead atoms. The molecule has 0 heterocycles. The summed E-state index contributed by atoms with van der Waals surface area (Å²) in [6, 6.07) is 5.79. The van der Waals surface area contributed by atoms with Gasteiger partial charge < -0.3 is 5.32 Å². The van der Waals surface area contributed by atoms with Crippen molar-refractivity contribution >= 4 is 0 Å². The highest BCUT2D eigenvalue weighted by Crippen LogP contribution is 2.63. The molecule has 0 spiro atoms. The zero-order valence-corrected chi connectivity index (χ0v) is 12.6. The average Bonchev–Trinajstić information content (AvgIpc) is 2.71. The van der Waals surface area contributed by atoms with Gasteiger partial charge in [-0.25, -0.2) is 0 Å². The highest BCUT2D eigenvalue weighted by Gasteiger charge is 2.64. The Morgan fingerprint density at radius 3 is 2.10 bits per heavy atom. The van der Waals surface area contributed by atoms with E-state index in [2.05, 4.69) is 33.0 Å². The molecule has 1 aliphatic rings. The third-order valence-electron chi connectivity index (χ3n) is 5.15. The summed E-state index contributed by atoms with van der Waals surface area (Å²) in [6.07, 6.45) is -4.28. The van der Waals surface area contributed by atoms with Crippen LogP contribution < -0.4 is 5.32 Å². The van der Waals surface area contributed by atoms with Crippen LogP contribution in [0.1, 0.15) is 51.8 Å². The summed E-state index contributed by atoms with van der Waals surface area (Å²) in [5.41, 5.74) is 0.433. The Labute approximate surface area is 118 Å². The molecular weight excluding hydrogens is 263 g/mol. The number of halogens is 3. The van der Waals surface area contributed by atoms with Crippen LogP contribution in [0.3, 0.4) is 0 Å². The Bertz CT molecular complexity index is 489. The van der Waals surface area contributed by atoms with Crippen molar-refractivity contribution in [3.63, 3.8) is 0 Å². The molecule has 0 aromatic heterocycles. The largest absolute Gasteiger partial charge is 0.416 e. The van der Waals surface area contributed by atoms with Crippen molar-refractivity contribution in [2.45, 2.75) is 52.9 Å². The number of hydrogen-bond acceptors (Lipinski definition) is 1. The number of hydrogen-bond donors (Lipinski definition) is 1. The van der Waals surface area contributed by atoms with Crippen molar-refractivity contribution in [2.24, 2.45) is 10.8 Å². The lowest BCUT2D eigenvalue weighted by Crippen LogP contribution is -2.26. The van der Waals surface area contributed by atoms with E-state index in [1.54, 1.807) is 6.07 Å². The predicted molar refractivity (Wildman–Crippen MR) is 74.3 cm³/mol. The molecule has 1 unspecified atom stereocenters. The molecule has 0 aliphatic heterocycles. The van der Waals surface area contributed by atoms with E-state index in [9.17, 15) is 13.2 Å². The maximum Gasteiger partial charge on any atom is 0.416 e. The maximum atomic E-state index is 12.7. The lowest BCUT2D eigenvalue weighted by Gasteiger charge is -2.17. The Morgan fingerprint density at radius 1 is 1.10 bits per heavy atom. The van der Waals surface area contributed by atoms with Gasteiger partial charge in [0.15, 0.2) is 0 Å². The highest BCUT2D eigenvalue weighted by atomic mass is 19.4. The third kappa shape index (κ3) is 2.46. The molecule has 1 saturated carbocycles. The molecule has 4 heteroatoms. The topological polar surface area (TPSA) is 12.0 Å². The van der Waals surface area contributed by atoms with E-state index in [0.717, 1.165) is 6.07 Å². The summed E-state index contributed by atoms with van der Waals surface area (Å²) in [4.78, 5) is 0. The second-order valence-corrected chi connectivity index (χ2v) is 6.89. The Hall–Kier alpha value is -1.03. The van der Waals surface area contributed by atoms with Crippen molar-refractivity contribution in [1.29, 1.82) is 0 Å². The van der Waals surface area contributed by atoms with Gasteiger partial charge in [0.1, 0.15) is 0 Å². The van der Waals surface area contributed by atoms with Crippen molar-refractivity contribution < 1.29 is 13.2 Å². The maximum absolute atomic E-state index is 12.7. The predicted octanol–water partition coefficient (Wildman–Crippen LogP) is 4.79. The van der Waals surface area contributed by atoms with Crippen molar-refractivity contribution in [3.8, 4) is 0 Å². The summed E-state index contributed by atoms with van der Waals surface area (Å²) >= 11 is 0. The zero-order chi connectivity index (χ0) is 15.3. The minimum Gasteiger partial charge on any atom is -0.306 e. The first-order valence-electron chi connectivity index (χ1n) is 6.91. The Kier molecular flexibility index (Phi) is 3.44. The van der Waals surface area contributed by atoms with Gasteiger partial charge in [0.25, 0.3) is 0 Å². The van der Waals surface area contributed by atoms with Gasteiger partial charge in [-0.15, -0.1) is 0 Å². The molecule has 1 aromatic carbocycles. The van der Waals surface area contributed by atoms with Gasteiger partial charge in [-0.1, -0.05) is 39.8 Å². The fraction of sp³-hybridized carbons (Fsp3) is 0.625. The lowest BCUT2D eigenvalue weighted by molar-refractivity contribution is -0.137. The first kappa shape index (κ1) is 15.4. The van der Waals surface area contributed by atoms with Gasteiger partial charge in [-0.05, 0) is 35.4 Å². The van der Waals surface area contributed by atoms with Crippen molar-refractivity contribution in [3.05, 3.63) is 35.4 Å². The zero-order valence-electron chi connectivity index (χ0n) is 12.6. The second kappa shape index (κ2) is 4.48. The van der Waals surface area contributed by atoms with Crippen molar-refractivity contribution in [2.75, 3.05) is 0 Å². The van der Waals surface area contributed by atoms with E-state index in [4.69, 9.17) is 0 Å². The molecule has 1 atom stereocenters. The van der Waals surface area contributed by atoms with Crippen LogP contribution in [-0.2, 0) is 6.18 Å². The molecule has 0 saturated heterocycles. The fourth-order valence-corrected chi connectivity index (χ4v) is 2.94. The van der Waals surface area contributed by atoms with E-state index in [-0.39, 0.29) is 16.9 Å². The van der Waals surface area contributed by atoms with Gasteiger partial charge in [0, 0.05) is 12.1 Å². The molecule has 1 nitrogen and oxygen atoms in total. The third-order valence-corrected chi connectivity index (χ3v) is 5.15. The Balaban J connectivity index is 2.13. The standard InChI is InChI=1S/C16H22F3N/c1-10(20-13-14(2,3)15(13,4)5)11-7-6-8-12(9-11)16(17,18)19/h6-10,13,20H,1-5H3. The summed E-state index contributed by atoms with van der Waals surface area (Å²) in [7, 11) is 0. The molecule has 2 rings (SSSR count). The quantitative estimate of drug-likeness (QED) is 0.842. The van der Waals surface area contributed by atoms with E-state index < -0.39 is 11.7 Å². The highest BCUT2D eigenvalue weighted by molar-refractivity contribution is 5.29. The van der Waals surface area contributed by atoms with Crippen LogP contribution in [0.15, 0.2) is 24.3 Å². The molecule has 1 N–H and O–H groups in total. The van der Waals surface area contributed by atoms with Crippen LogP contribution in [0.4, 0.5) is 13.2 Å². The van der Waals surface area contributed by atoms with Crippen LogP contribution in [0.25, 0.3) is 0 Å². The van der Waals surface area contributed by atoms with E-state index >= 15 is 0 Å². The van der Waals surface area contributed by atoms with Crippen LogP contribution in [-0.4, -0.2) is 6.04 Å². The molecule has 0 radical (unpaired) electrons. The SMILES string of the molecule is CC(NC1C(C)(C)C1(C)C)c1cccc(C(F)(F)F)c1. The van der Waals surface area contributed by atoms with Gasteiger partial charge in [0.05, 0.1) is 5.56 Å². The molecule has 1 aromatic rings. The molecule has 112 valence electrons. The van der Waals surface area contributed by atoms with Crippen LogP contribution in [0.2, 0.25) is 0 Å². The Morgan fingerprint density at radius 2 is 1.65 bits per heavy atom. The monoisotopic (exact) mass is 285 g/mol. The van der Waals surface area contributed by atoms with Crippen LogP contribution in [0, 0.1) is 10.8 Å². The molecular formula is C16H22F3N. The van der Waals surface area contributed by atoms with E-state index in [1.165, 1.54) is 12.1 Å². The summed E-state index contributed by atoms with van der Waals surface area (Å²) < 4.78 is 38.2. The van der Waals surface area contributed by atoms with Gasteiger partial charge in [0.2, 0.25) is 0 Å². The van der Waals surface area contributed by atoms with Gasteiger partial charge >= 0.3 is 6.18 Å². The van der Waals surface area contributed by atoms with Gasteiger partial charge in [-0.2, -0.15) is 13.2 Å². The molecule has 0 amide bonds. The number of rotatable bonds is 3. The number of alkyl halides is 3. The average molecular weight is 285 g/mol. The lowest BCUT2D eigenvalue weighted by atomic mass is 10.0. The minimum atomic E-state index is -4.28. The van der Waals surface area contributed by atoms with Crippen LogP contribution >= 0.6 is 0 Å². The van der Waals surface area contributed by atoms with Gasteiger partial charge in [-0.3, -0.25) is 0 Å². The second-order valence-electron chi connectivity index (χ2n) is 6.89. The van der Waals surface area contributed by atoms with Crippen LogP contribution in [0.5, 0.6) is 0 Å².